The number of carboxylic acids is 1. The van der Waals surface area contributed by atoms with Gasteiger partial charge in [0, 0.05) is 25.9 Å². The van der Waals surface area contributed by atoms with Crippen molar-refractivity contribution in [3.05, 3.63) is 24.2 Å². The average Bonchev–Trinajstić information content (AvgIpc) is 3.05. The Hall–Kier alpha value is -1.78. The fraction of sp³-hybridized carbons (Fsp3) is 0.600. The van der Waals surface area contributed by atoms with Gasteiger partial charge in [-0.1, -0.05) is 13.3 Å². The molecule has 1 fully saturated rings. The summed E-state index contributed by atoms with van der Waals surface area (Å²) in [5.41, 5.74) is 0. The van der Waals surface area contributed by atoms with Crippen molar-refractivity contribution in [1.29, 1.82) is 0 Å². The topological polar surface area (TPSA) is 70.8 Å². The highest BCUT2D eigenvalue weighted by atomic mass is 16.4. The molecule has 1 aliphatic heterocycles. The molecule has 0 bridgehead atoms. The zero-order chi connectivity index (χ0) is 14.5. The summed E-state index contributed by atoms with van der Waals surface area (Å²) in [5, 5.41) is 9.24. The van der Waals surface area contributed by atoms with Gasteiger partial charge in [0.05, 0.1) is 12.2 Å². The lowest BCUT2D eigenvalue weighted by Crippen LogP contribution is -2.30. The highest BCUT2D eigenvalue weighted by Crippen LogP contribution is 2.28. The van der Waals surface area contributed by atoms with Crippen LogP contribution >= 0.6 is 0 Å². The maximum absolute atomic E-state index is 12.1. The smallest absolute Gasteiger partial charge is 0.308 e. The quantitative estimate of drug-likeness (QED) is 0.866. The lowest BCUT2D eigenvalue weighted by molar-refractivity contribution is -0.142. The van der Waals surface area contributed by atoms with Gasteiger partial charge in [0.1, 0.15) is 5.76 Å². The largest absolute Gasteiger partial charge is 0.481 e. The van der Waals surface area contributed by atoms with Crippen molar-refractivity contribution in [2.75, 3.05) is 13.1 Å². The summed E-state index contributed by atoms with van der Waals surface area (Å²) >= 11 is 0. The summed E-state index contributed by atoms with van der Waals surface area (Å²) in [6.45, 7) is 2.96. The monoisotopic (exact) mass is 279 g/mol. The third-order valence-electron chi connectivity index (χ3n) is 3.94. The fourth-order valence-corrected chi connectivity index (χ4v) is 2.86. The summed E-state index contributed by atoms with van der Waals surface area (Å²) in [6, 6.07) is 3.64. The highest BCUT2D eigenvalue weighted by Gasteiger charge is 2.38. The van der Waals surface area contributed by atoms with Gasteiger partial charge in [-0.3, -0.25) is 9.59 Å². The number of carbonyl (C=O) groups is 2. The number of likely N-dealkylation sites (tertiary alicyclic amines) is 1. The molecule has 1 aromatic rings. The SMILES string of the molecule is CCC[C@@H]1CN(C(=O)CCc2ccco2)C[C@H]1C(=O)O. The van der Waals surface area contributed by atoms with Crippen LogP contribution in [0.1, 0.15) is 31.9 Å². The van der Waals surface area contributed by atoms with E-state index < -0.39 is 11.9 Å². The van der Waals surface area contributed by atoms with Crippen molar-refractivity contribution in [3.8, 4) is 0 Å². The van der Waals surface area contributed by atoms with Gasteiger partial charge in [-0.15, -0.1) is 0 Å². The normalized spacial score (nSPS) is 22.1. The maximum atomic E-state index is 12.1. The van der Waals surface area contributed by atoms with Crippen molar-refractivity contribution in [2.45, 2.75) is 32.6 Å². The van der Waals surface area contributed by atoms with Gasteiger partial charge in [-0.05, 0) is 24.5 Å². The molecular formula is C15H21NO4. The lowest BCUT2D eigenvalue weighted by atomic mass is 9.92. The number of aliphatic carboxylic acids is 1. The molecule has 20 heavy (non-hydrogen) atoms. The second kappa shape index (κ2) is 6.59. The number of aryl methyl sites for hydroxylation is 1. The third-order valence-corrected chi connectivity index (χ3v) is 3.94. The minimum atomic E-state index is -0.787. The molecule has 0 radical (unpaired) electrons. The van der Waals surface area contributed by atoms with E-state index in [-0.39, 0.29) is 11.8 Å². The van der Waals surface area contributed by atoms with E-state index in [0.29, 0.717) is 25.9 Å². The summed E-state index contributed by atoms with van der Waals surface area (Å²) < 4.78 is 5.20. The first-order valence-corrected chi connectivity index (χ1v) is 7.14. The molecule has 110 valence electrons. The Morgan fingerprint density at radius 2 is 2.25 bits per heavy atom. The van der Waals surface area contributed by atoms with Crippen LogP contribution in [0, 0.1) is 11.8 Å². The van der Waals surface area contributed by atoms with Gasteiger partial charge in [-0.25, -0.2) is 0 Å². The van der Waals surface area contributed by atoms with Gasteiger partial charge in [-0.2, -0.15) is 0 Å². The first-order chi connectivity index (χ1) is 9.61. The van der Waals surface area contributed by atoms with Crippen LogP contribution in [-0.2, 0) is 16.0 Å². The molecule has 0 aromatic carbocycles. The molecule has 0 saturated carbocycles. The van der Waals surface area contributed by atoms with E-state index in [1.807, 2.05) is 13.0 Å². The molecule has 2 atom stereocenters. The van der Waals surface area contributed by atoms with E-state index in [1.54, 1.807) is 17.2 Å². The van der Waals surface area contributed by atoms with Crippen molar-refractivity contribution in [2.24, 2.45) is 11.8 Å². The van der Waals surface area contributed by atoms with E-state index in [9.17, 15) is 14.7 Å². The van der Waals surface area contributed by atoms with Crippen molar-refractivity contribution < 1.29 is 19.1 Å². The van der Waals surface area contributed by atoms with E-state index in [2.05, 4.69) is 0 Å². The fourth-order valence-electron chi connectivity index (χ4n) is 2.86. The zero-order valence-corrected chi connectivity index (χ0v) is 11.7. The van der Waals surface area contributed by atoms with Crippen molar-refractivity contribution >= 4 is 11.9 Å². The average molecular weight is 279 g/mol. The number of rotatable bonds is 6. The Balaban J connectivity index is 1.89. The Morgan fingerprint density at radius 1 is 1.45 bits per heavy atom. The van der Waals surface area contributed by atoms with Crippen LogP contribution in [0.3, 0.4) is 0 Å². The van der Waals surface area contributed by atoms with Crippen LogP contribution in [0.25, 0.3) is 0 Å². The Kier molecular flexibility index (Phi) is 4.82. The molecular weight excluding hydrogens is 258 g/mol. The number of carboxylic acid groups (broad SMARTS) is 1. The van der Waals surface area contributed by atoms with Crippen molar-refractivity contribution in [3.63, 3.8) is 0 Å². The molecule has 2 rings (SSSR count). The molecule has 0 unspecified atom stereocenters. The number of carbonyl (C=O) groups excluding carboxylic acids is 1. The van der Waals surface area contributed by atoms with Crippen LogP contribution in [0.2, 0.25) is 0 Å². The number of furan rings is 1. The van der Waals surface area contributed by atoms with E-state index in [0.717, 1.165) is 18.6 Å². The van der Waals surface area contributed by atoms with Gasteiger partial charge < -0.3 is 14.4 Å². The molecule has 2 heterocycles. The van der Waals surface area contributed by atoms with E-state index in [1.165, 1.54) is 0 Å². The first kappa shape index (κ1) is 14.6. The van der Waals surface area contributed by atoms with Gasteiger partial charge in [0.15, 0.2) is 0 Å². The number of hydrogen-bond donors (Lipinski definition) is 1. The van der Waals surface area contributed by atoms with Gasteiger partial charge in [0.2, 0.25) is 5.91 Å². The molecule has 1 N–H and O–H groups in total. The summed E-state index contributed by atoms with van der Waals surface area (Å²) in [7, 11) is 0. The van der Waals surface area contributed by atoms with E-state index in [4.69, 9.17) is 4.42 Å². The number of amides is 1. The van der Waals surface area contributed by atoms with Crippen LogP contribution in [0.15, 0.2) is 22.8 Å². The predicted octanol–water partition coefficient (Wildman–Crippen LogP) is 2.17. The molecule has 1 aromatic heterocycles. The maximum Gasteiger partial charge on any atom is 0.308 e. The molecule has 0 aliphatic carbocycles. The number of nitrogens with zero attached hydrogens (tertiary/aromatic N) is 1. The Bertz CT molecular complexity index is 454. The van der Waals surface area contributed by atoms with Crippen molar-refractivity contribution in [1.82, 2.24) is 4.90 Å². The third kappa shape index (κ3) is 3.40. The highest BCUT2D eigenvalue weighted by molar-refractivity contribution is 5.79. The first-order valence-electron chi connectivity index (χ1n) is 7.14. The molecule has 1 amide bonds. The van der Waals surface area contributed by atoms with Crippen LogP contribution < -0.4 is 0 Å². The standard InChI is InChI=1S/C15H21NO4/c1-2-4-11-9-16(10-13(11)15(18)19)14(17)7-6-12-5-3-8-20-12/h3,5,8,11,13H,2,4,6-7,9-10H2,1H3,(H,18,19)/t11-,13-/m1/s1. The number of hydrogen-bond acceptors (Lipinski definition) is 3. The molecule has 1 saturated heterocycles. The second-order valence-electron chi connectivity index (χ2n) is 5.37. The van der Waals surface area contributed by atoms with Gasteiger partial charge >= 0.3 is 5.97 Å². The van der Waals surface area contributed by atoms with Crippen LogP contribution in [0.5, 0.6) is 0 Å². The minimum absolute atomic E-state index is 0.0197. The molecule has 1 aliphatic rings. The minimum Gasteiger partial charge on any atom is -0.481 e. The summed E-state index contributed by atoms with van der Waals surface area (Å²) in [5.74, 6) is -0.305. The summed E-state index contributed by atoms with van der Waals surface area (Å²) in [6.07, 6.45) is 4.34. The molecule has 0 spiro atoms. The molecule has 5 nitrogen and oxygen atoms in total. The Labute approximate surface area is 118 Å². The van der Waals surface area contributed by atoms with Gasteiger partial charge in [0.25, 0.3) is 0 Å². The Morgan fingerprint density at radius 3 is 2.85 bits per heavy atom. The summed E-state index contributed by atoms with van der Waals surface area (Å²) in [4.78, 5) is 25.1. The van der Waals surface area contributed by atoms with Crippen LogP contribution in [0.4, 0.5) is 0 Å². The predicted molar refractivity (Wildman–Crippen MR) is 73.1 cm³/mol. The van der Waals surface area contributed by atoms with Crippen LogP contribution in [-0.4, -0.2) is 35.0 Å². The van der Waals surface area contributed by atoms with E-state index >= 15 is 0 Å². The molecule has 5 heteroatoms. The lowest BCUT2D eigenvalue weighted by Gasteiger charge is -2.15. The zero-order valence-electron chi connectivity index (χ0n) is 11.7. The second-order valence-corrected chi connectivity index (χ2v) is 5.37.